The van der Waals surface area contributed by atoms with Gasteiger partial charge < -0.3 is 19.7 Å². The van der Waals surface area contributed by atoms with Crippen LogP contribution in [0.3, 0.4) is 0 Å². The molecule has 0 radical (unpaired) electrons. The molecule has 0 spiro atoms. The maximum Gasteiger partial charge on any atom is 0.338 e. The lowest BCUT2D eigenvalue weighted by Crippen LogP contribution is -2.48. The van der Waals surface area contributed by atoms with E-state index in [0.29, 0.717) is 28.9 Å². The number of carbonyl (C=O) groups is 1. The first-order valence-corrected chi connectivity index (χ1v) is 8.94. The van der Waals surface area contributed by atoms with Crippen molar-refractivity contribution in [3.63, 3.8) is 0 Å². The van der Waals surface area contributed by atoms with Crippen LogP contribution in [0.1, 0.15) is 36.9 Å². The predicted octanol–water partition coefficient (Wildman–Crippen LogP) is 2.42. The van der Waals surface area contributed by atoms with Crippen LogP contribution in [0.15, 0.2) is 35.5 Å². The molecule has 0 saturated heterocycles. The third-order valence-electron chi connectivity index (χ3n) is 4.53. The van der Waals surface area contributed by atoms with Crippen molar-refractivity contribution < 1.29 is 14.3 Å². The number of ether oxygens (including phenoxy) is 2. The van der Waals surface area contributed by atoms with Gasteiger partial charge in [-0.25, -0.2) is 4.79 Å². The summed E-state index contributed by atoms with van der Waals surface area (Å²) in [4.78, 5) is 14.8. The average Bonchev–Trinajstić information content (AvgIpc) is 3.46. The Balaban J connectivity index is 1.99. The fourth-order valence-electron chi connectivity index (χ4n) is 3.13. The topological polar surface area (TPSA) is 74.6 Å². The predicted molar refractivity (Wildman–Crippen MR) is 100 cm³/mol. The Bertz CT molecular complexity index is 795. The van der Waals surface area contributed by atoms with Gasteiger partial charge in [0.05, 0.1) is 29.9 Å². The molecule has 0 amide bonds. The van der Waals surface area contributed by atoms with Gasteiger partial charge >= 0.3 is 5.97 Å². The molecule has 1 aliphatic heterocycles. The Labute approximate surface area is 158 Å². The summed E-state index contributed by atoms with van der Waals surface area (Å²) in [5.41, 5.74) is 2.67. The lowest BCUT2D eigenvalue weighted by atomic mass is 9.94. The third-order valence-corrected chi connectivity index (χ3v) is 4.84. The van der Waals surface area contributed by atoms with Gasteiger partial charge in [0.2, 0.25) is 0 Å². The van der Waals surface area contributed by atoms with E-state index in [9.17, 15) is 10.1 Å². The number of hydrogen-bond acceptors (Lipinski definition) is 5. The molecule has 1 heterocycles. The van der Waals surface area contributed by atoms with Crippen LogP contribution in [0.25, 0.3) is 0 Å². The lowest BCUT2D eigenvalue weighted by Gasteiger charge is -2.37. The van der Waals surface area contributed by atoms with Crippen LogP contribution in [0.4, 0.5) is 0 Å². The number of hydrogen-bond donors (Lipinski definition) is 1. The zero-order valence-corrected chi connectivity index (χ0v) is 15.6. The van der Waals surface area contributed by atoms with Crippen molar-refractivity contribution in [3.05, 3.63) is 46.7 Å². The number of allylic oxidation sites excluding steroid dienone is 1. The van der Waals surface area contributed by atoms with E-state index in [1.165, 1.54) is 0 Å². The van der Waals surface area contributed by atoms with Crippen LogP contribution in [0.5, 0.6) is 0 Å². The molecule has 1 unspecified atom stereocenters. The molecule has 1 aromatic carbocycles. The molecule has 1 aliphatic carbocycles. The summed E-state index contributed by atoms with van der Waals surface area (Å²) in [5.74, 6) is -0.396. The summed E-state index contributed by atoms with van der Waals surface area (Å²) < 4.78 is 10.3. The number of nitrogens with one attached hydrogen (secondary N) is 1. The first kappa shape index (κ1) is 18.4. The monoisotopic (exact) mass is 371 g/mol. The fourth-order valence-corrected chi connectivity index (χ4v) is 3.53. The summed E-state index contributed by atoms with van der Waals surface area (Å²) >= 11 is 5.55. The van der Waals surface area contributed by atoms with Crippen molar-refractivity contribution in [2.75, 3.05) is 20.3 Å². The second kappa shape index (κ2) is 7.85. The highest BCUT2D eigenvalue weighted by molar-refractivity contribution is 7.80. The Morgan fingerprint density at radius 2 is 2.19 bits per heavy atom. The summed E-state index contributed by atoms with van der Waals surface area (Å²) in [6.07, 6.45) is 2.11. The molecule has 1 atom stereocenters. The second-order valence-corrected chi connectivity index (χ2v) is 6.74. The van der Waals surface area contributed by atoms with Crippen molar-refractivity contribution in [2.45, 2.75) is 31.8 Å². The van der Waals surface area contributed by atoms with E-state index in [-0.39, 0.29) is 6.61 Å². The molecule has 1 aromatic rings. The van der Waals surface area contributed by atoms with Crippen LogP contribution < -0.4 is 5.32 Å². The highest BCUT2D eigenvalue weighted by Gasteiger charge is 2.40. The maximum absolute atomic E-state index is 12.8. The summed E-state index contributed by atoms with van der Waals surface area (Å²) in [7, 11) is 1.56. The van der Waals surface area contributed by atoms with Gasteiger partial charge in [-0.3, -0.25) is 0 Å². The first-order valence-electron chi connectivity index (χ1n) is 8.53. The van der Waals surface area contributed by atoms with Crippen LogP contribution in [-0.4, -0.2) is 42.3 Å². The number of nitriles is 1. The van der Waals surface area contributed by atoms with Gasteiger partial charge in [-0.2, -0.15) is 5.26 Å². The lowest BCUT2D eigenvalue weighted by molar-refractivity contribution is -0.140. The van der Waals surface area contributed by atoms with Crippen molar-refractivity contribution in [3.8, 4) is 6.07 Å². The van der Waals surface area contributed by atoms with E-state index >= 15 is 0 Å². The van der Waals surface area contributed by atoms with Crippen molar-refractivity contribution in [1.29, 1.82) is 5.26 Å². The molecule has 7 heteroatoms. The van der Waals surface area contributed by atoms with Gasteiger partial charge in [0.1, 0.15) is 6.61 Å². The largest absolute Gasteiger partial charge is 0.460 e. The maximum atomic E-state index is 12.8. The Morgan fingerprint density at radius 1 is 1.42 bits per heavy atom. The SMILES string of the molecule is COCCOC(=O)C1=C(C)N(C2CC2)C(=S)NC1c1cccc(C#N)c1. The molecule has 0 aromatic heterocycles. The standard InChI is InChI=1S/C19H21N3O3S/c1-12-16(18(23)25-9-8-24-2)17(14-5-3-4-13(10-14)11-20)21-19(26)22(12)15-6-7-15/h3-5,10,15,17H,6-9H2,1-2H3,(H,21,26). The van der Waals surface area contributed by atoms with Gasteiger partial charge in [0, 0.05) is 18.8 Å². The van der Waals surface area contributed by atoms with Crippen molar-refractivity contribution in [2.24, 2.45) is 0 Å². The number of thiocarbonyl (C=S) groups is 1. The van der Waals surface area contributed by atoms with Crippen LogP contribution in [0.2, 0.25) is 0 Å². The van der Waals surface area contributed by atoms with Gasteiger partial charge in [0.15, 0.2) is 5.11 Å². The summed E-state index contributed by atoms with van der Waals surface area (Å²) in [5, 5.41) is 13.1. The van der Waals surface area contributed by atoms with E-state index < -0.39 is 12.0 Å². The molecule has 1 fully saturated rings. The molecule has 136 valence electrons. The number of benzene rings is 1. The van der Waals surface area contributed by atoms with Crippen LogP contribution in [-0.2, 0) is 14.3 Å². The highest BCUT2D eigenvalue weighted by Crippen LogP contribution is 2.38. The molecular weight excluding hydrogens is 350 g/mol. The minimum absolute atomic E-state index is 0.185. The normalized spacial score (nSPS) is 19.8. The van der Waals surface area contributed by atoms with Crippen LogP contribution in [0, 0.1) is 11.3 Å². The molecule has 6 nitrogen and oxygen atoms in total. The molecule has 2 aliphatic rings. The fraction of sp³-hybridized carbons (Fsp3) is 0.421. The van der Waals surface area contributed by atoms with Gasteiger partial charge in [-0.1, -0.05) is 12.1 Å². The van der Waals surface area contributed by atoms with E-state index in [1.807, 2.05) is 17.9 Å². The summed E-state index contributed by atoms with van der Waals surface area (Å²) in [6.45, 7) is 2.43. The van der Waals surface area contributed by atoms with E-state index in [0.717, 1.165) is 24.1 Å². The number of rotatable bonds is 6. The molecule has 3 rings (SSSR count). The zero-order valence-electron chi connectivity index (χ0n) is 14.8. The smallest absolute Gasteiger partial charge is 0.338 e. The van der Waals surface area contributed by atoms with E-state index in [4.69, 9.17) is 21.7 Å². The molecular formula is C19H21N3O3S. The van der Waals surface area contributed by atoms with Crippen molar-refractivity contribution in [1.82, 2.24) is 10.2 Å². The number of carbonyl (C=O) groups excluding carboxylic acids is 1. The van der Waals surface area contributed by atoms with Gasteiger partial charge in [-0.05, 0) is 49.7 Å². The molecule has 1 N–H and O–H groups in total. The Kier molecular flexibility index (Phi) is 5.55. The Morgan fingerprint density at radius 3 is 2.85 bits per heavy atom. The van der Waals surface area contributed by atoms with E-state index in [1.54, 1.807) is 25.3 Å². The van der Waals surface area contributed by atoms with Gasteiger partial charge in [-0.15, -0.1) is 0 Å². The second-order valence-electron chi connectivity index (χ2n) is 6.35. The third kappa shape index (κ3) is 3.71. The quantitative estimate of drug-likeness (QED) is 0.468. The summed E-state index contributed by atoms with van der Waals surface area (Å²) in [6, 6.07) is 9.20. The Hall–Kier alpha value is -2.43. The molecule has 26 heavy (non-hydrogen) atoms. The minimum Gasteiger partial charge on any atom is -0.460 e. The molecule has 0 bridgehead atoms. The van der Waals surface area contributed by atoms with E-state index in [2.05, 4.69) is 11.4 Å². The first-order chi connectivity index (χ1) is 12.6. The minimum atomic E-state index is -0.444. The highest BCUT2D eigenvalue weighted by atomic mass is 32.1. The van der Waals surface area contributed by atoms with Gasteiger partial charge in [0.25, 0.3) is 0 Å². The number of esters is 1. The van der Waals surface area contributed by atoms with Crippen LogP contribution >= 0.6 is 12.2 Å². The van der Waals surface area contributed by atoms with Crippen molar-refractivity contribution >= 4 is 23.3 Å². The number of methoxy groups -OCH3 is 1. The number of nitrogens with zero attached hydrogens (tertiary/aromatic N) is 2. The zero-order chi connectivity index (χ0) is 18.7. The molecule has 1 saturated carbocycles. The average molecular weight is 371 g/mol.